The van der Waals surface area contributed by atoms with E-state index in [1.54, 1.807) is 0 Å². The predicted molar refractivity (Wildman–Crippen MR) is 83.6 cm³/mol. The second-order valence-electron chi connectivity index (χ2n) is 4.44. The molecule has 0 unspecified atom stereocenters. The first-order valence-corrected chi connectivity index (χ1v) is 7.41. The standard InChI is InChI=1S/C14H10FN3O5S/c15-10-3-2-9(5-11(10)18(22)23)17-14(21)8-1-4-12(16-6-8)24-7-13(19)20/h1-6H,7H2,(H,17,21)(H,19,20). The third-order valence-corrected chi connectivity index (χ3v) is 3.67. The van der Waals surface area contributed by atoms with Crippen LogP contribution in [0.3, 0.4) is 0 Å². The molecule has 0 saturated carbocycles. The first-order valence-electron chi connectivity index (χ1n) is 6.43. The van der Waals surface area contributed by atoms with Crippen molar-refractivity contribution in [1.29, 1.82) is 0 Å². The van der Waals surface area contributed by atoms with Gasteiger partial charge in [-0.25, -0.2) is 4.98 Å². The maximum absolute atomic E-state index is 13.2. The Labute approximate surface area is 138 Å². The first kappa shape index (κ1) is 17.3. The second kappa shape index (κ2) is 7.51. The quantitative estimate of drug-likeness (QED) is 0.466. The highest BCUT2D eigenvalue weighted by Crippen LogP contribution is 2.22. The zero-order valence-corrected chi connectivity index (χ0v) is 12.7. The topological polar surface area (TPSA) is 122 Å². The Morgan fingerprint density at radius 3 is 2.67 bits per heavy atom. The highest BCUT2D eigenvalue weighted by Gasteiger charge is 2.16. The Morgan fingerprint density at radius 1 is 1.33 bits per heavy atom. The van der Waals surface area contributed by atoms with E-state index < -0.39 is 28.3 Å². The summed E-state index contributed by atoms with van der Waals surface area (Å²) < 4.78 is 13.2. The van der Waals surface area contributed by atoms with Crippen molar-refractivity contribution < 1.29 is 24.0 Å². The van der Waals surface area contributed by atoms with Crippen molar-refractivity contribution in [2.24, 2.45) is 0 Å². The monoisotopic (exact) mass is 351 g/mol. The number of aliphatic carboxylic acids is 1. The molecule has 2 aromatic rings. The van der Waals surface area contributed by atoms with Crippen LogP contribution < -0.4 is 5.32 Å². The van der Waals surface area contributed by atoms with Gasteiger partial charge in [-0.05, 0) is 24.3 Å². The van der Waals surface area contributed by atoms with Crippen LogP contribution in [-0.4, -0.2) is 32.6 Å². The molecule has 0 radical (unpaired) electrons. The predicted octanol–water partition coefficient (Wildman–Crippen LogP) is 2.56. The number of carbonyl (C=O) groups excluding carboxylic acids is 1. The molecule has 0 fully saturated rings. The molecular weight excluding hydrogens is 341 g/mol. The molecule has 0 saturated heterocycles. The fourth-order valence-electron chi connectivity index (χ4n) is 1.67. The largest absolute Gasteiger partial charge is 0.481 e. The summed E-state index contributed by atoms with van der Waals surface area (Å²) in [5.41, 5.74) is -0.509. The minimum atomic E-state index is -1.00. The van der Waals surface area contributed by atoms with Crippen molar-refractivity contribution >= 4 is 35.0 Å². The number of halogens is 1. The highest BCUT2D eigenvalue weighted by atomic mass is 32.2. The van der Waals surface area contributed by atoms with Crippen molar-refractivity contribution in [3.63, 3.8) is 0 Å². The van der Waals surface area contributed by atoms with E-state index in [1.165, 1.54) is 24.4 Å². The van der Waals surface area contributed by atoms with Crippen LogP contribution in [0.2, 0.25) is 0 Å². The number of amides is 1. The molecule has 1 aromatic carbocycles. The Morgan fingerprint density at radius 2 is 2.08 bits per heavy atom. The van der Waals surface area contributed by atoms with Gasteiger partial charge in [-0.3, -0.25) is 19.7 Å². The fourth-order valence-corrected chi connectivity index (χ4v) is 2.23. The van der Waals surface area contributed by atoms with Gasteiger partial charge in [-0.1, -0.05) is 11.8 Å². The molecule has 1 heterocycles. The number of nitro benzene ring substituents is 1. The molecule has 2 rings (SSSR count). The number of rotatable bonds is 6. The molecule has 10 heteroatoms. The van der Waals surface area contributed by atoms with Crippen LogP contribution in [0.25, 0.3) is 0 Å². The molecule has 0 aliphatic rings. The SMILES string of the molecule is O=C(O)CSc1ccc(C(=O)Nc2ccc(F)c([N+](=O)[O-])c2)cn1. The maximum Gasteiger partial charge on any atom is 0.313 e. The normalized spacial score (nSPS) is 10.2. The summed E-state index contributed by atoms with van der Waals surface area (Å²) in [4.78, 5) is 36.2. The summed E-state index contributed by atoms with van der Waals surface area (Å²) >= 11 is 1.00. The molecule has 1 aromatic heterocycles. The molecule has 0 bridgehead atoms. The number of hydrogen-bond acceptors (Lipinski definition) is 6. The van der Waals surface area contributed by atoms with Crippen LogP contribution in [0.4, 0.5) is 15.8 Å². The summed E-state index contributed by atoms with van der Waals surface area (Å²) in [6.07, 6.45) is 1.25. The van der Waals surface area contributed by atoms with Gasteiger partial charge < -0.3 is 10.4 Å². The number of benzene rings is 1. The van der Waals surface area contributed by atoms with E-state index in [0.29, 0.717) is 5.03 Å². The van der Waals surface area contributed by atoms with Crippen LogP contribution >= 0.6 is 11.8 Å². The molecular formula is C14H10FN3O5S. The number of nitro groups is 1. The van der Waals surface area contributed by atoms with Crippen molar-refractivity contribution in [3.05, 3.63) is 58.0 Å². The number of carboxylic acids is 1. The van der Waals surface area contributed by atoms with E-state index in [2.05, 4.69) is 10.3 Å². The molecule has 124 valence electrons. The third-order valence-electron chi connectivity index (χ3n) is 2.74. The van der Waals surface area contributed by atoms with Gasteiger partial charge in [0.2, 0.25) is 5.82 Å². The van der Waals surface area contributed by atoms with Crippen LogP contribution in [0, 0.1) is 15.9 Å². The summed E-state index contributed by atoms with van der Waals surface area (Å²) in [5.74, 6) is -2.73. The molecule has 8 nitrogen and oxygen atoms in total. The lowest BCUT2D eigenvalue weighted by atomic mass is 10.2. The number of pyridine rings is 1. The summed E-state index contributed by atoms with van der Waals surface area (Å²) in [7, 11) is 0. The Bertz CT molecular complexity index is 797. The number of thioether (sulfide) groups is 1. The second-order valence-corrected chi connectivity index (χ2v) is 5.44. The van der Waals surface area contributed by atoms with E-state index >= 15 is 0 Å². The highest BCUT2D eigenvalue weighted by molar-refractivity contribution is 7.99. The summed E-state index contributed by atoms with van der Waals surface area (Å²) in [6, 6.07) is 5.92. The van der Waals surface area contributed by atoms with Gasteiger partial charge in [0.05, 0.1) is 21.3 Å². The Kier molecular flexibility index (Phi) is 5.42. The van der Waals surface area contributed by atoms with Gasteiger partial charge in [-0.2, -0.15) is 4.39 Å². The Balaban J connectivity index is 2.08. The van der Waals surface area contributed by atoms with Crippen LogP contribution in [0.5, 0.6) is 0 Å². The lowest BCUT2D eigenvalue weighted by Crippen LogP contribution is -2.12. The lowest BCUT2D eigenvalue weighted by molar-refractivity contribution is -0.387. The number of nitrogens with zero attached hydrogens (tertiary/aromatic N) is 2. The first-order chi connectivity index (χ1) is 11.4. The number of anilines is 1. The van der Waals surface area contributed by atoms with Gasteiger partial charge in [0.25, 0.3) is 5.91 Å². The molecule has 24 heavy (non-hydrogen) atoms. The van der Waals surface area contributed by atoms with E-state index in [1.807, 2.05) is 0 Å². The number of aromatic nitrogens is 1. The van der Waals surface area contributed by atoms with Gasteiger partial charge >= 0.3 is 11.7 Å². The van der Waals surface area contributed by atoms with Gasteiger partial charge in [0, 0.05) is 18.0 Å². The molecule has 1 amide bonds. The number of carbonyl (C=O) groups is 2. The van der Waals surface area contributed by atoms with Crippen LogP contribution in [0.1, 0.15) is 10.4 Å². The molecule has 0 aliphatic carbocycles. The van der Waals surface area contributed by atoms with Crippen LogP contribution in [-0.2, 0) is 4.79 Å². The smallest absolute Gasteiger partial charge is 0.313 e. The zero-order chi connectivity index (χ0) is 17.7. The van der Waals surface area contributed by atoms with Crippen molar-refractivity contribution in [3.8, 4) is 0 Å². The van der Waals surface area contributed by atoms with Crippen molar-refractivity contribution in [2.75, 3.05) is 11.1 Å². The lowest BCUT2D eigenvalue weighted by Gasteiger charge is -2.06. The fraction of sp³-hybridized carbons (Fsp3) is 0.0714. The van der Waals surface area contributed by atoms with E-state index in [-0.39, 0.29) is 17.0 Å². The number of carboxylic acid groups (broad SMARTS) is 1. The van der Waals surface area contributed by atoms with Gasteiger partial charge in [0.15, 0.2) is 0 Å². The number of hydrogen-bond donors (Lipinski definition) is 2. The van der Waals surface area contributed by atoms with E-state index in [4.69, 9.17) is 5.11 Å². The maximum atomic E-state index is 13.2. The third kappa shape index (κ3) is 4.49. The van der Waals surface area contributed by atoms with Gasteiger partial charge in [-0.15, -0.1) is 0 Å². The van der Waals surface area contributed by atoms with Crippen molar-refractivity contribution in [2.45, 2.75) is 5.03 Å². The average molecular weight is 351 g/mol. The molecule has 2 N–H and O–H groups in total. The van der Waals surface area contributed by atoms with Crippen molar-refractivity contribution in [1.82, 2.24) is 4.98 Å². The molecule has 0 aliphatic heterocycles. The summed E-state index contributed by atoms with van der Waals surface area (Å²) in [6.45, 7) is 0. The van der Waals surface area contributed by atoms with E-state index in [0.717, 1.165) is 23.9 Å². The minimum Gasteiger partial charge on any atom is -0.481 e. The average Bonchev–Trinajstić information content (AvgIpc) is 2.54. The molecule has 0 spiro atoms. The minimum absolute atomic E-state index is 0.0671. The van der Waals surface area contributed by atoms with Gasteiger partial charge in [0.1, 0.15) is 0 Å². The van der Waals surface area contributed by atoms with E-state index in [9.17, 15) is 24.1 Å². The number of nitrogens with one attached hydrogen (secondary N) is 1. The Hall–Kier alpha value is -3.01. The zero-order valence-electron chi connectivity index (χ0n) is 11.9. The summed E-state index contributed by atoms with van der Waals surface area (Å²) in [5, 5.41) is 22.1. The molecule has 0 atom stereocenters. The van der Waals surface area contributed by atoms with Crippen LogP contribution in [0.15, 0.2) is 41.6 Å².